The number of hydrogen-bond acceptors (Lipinski definition) is 5. The molecule has 2 amide bonds. The van der Waals surface area contributed by atoms with E-state index in [4.69, 9.17) is 9.47 Å². The maximum Gasteiger partial charge on any atom is 0.233 e. The number of rotatable bonds is 9. The predicted molar refractivity (Wildman–Crippen MR) is 150 cm³/mol. The lowest BCUT2D eigenvalue weighted by Crippen LogP contribution is -2.35. The van der Waals surface area contributed by atoms with Gasteiger partial charge >= 0.3 is 0 Å². The van der Waals surface area contributed by atoms with E-state index in [0.29, 0.717) is 26.2 Å². The van der Waals surface area contributed by atoms with Crippen LogP contribution in [-0.2, 0) is 19.1 Å². The van der Waals surface area contributed by atoms with E-state index < -0.39 is 0 Å². The molecule has 0 bridgehead atoms. The van der Waals surface area contributed by atoms with Gasteiger partial charge in [-0.1, -0.05) is 53.2 Å². The van der Waals surface area contributed by atoms with Crippen molar-refractivity contribution in [3.05, 3.63) is 75.3 Å². The van der Waals surface area contributed by atoms with Gasteiger partial charge in [0.1, 0.15) is 5.75 Å². The number of methoxy groups -OCH3 is 1. The molecule has 0 unspecified atom stereocenters. The maximum absolute atomic E-state index is 13.3. The molecule has 38 heavy (non-hydrogen) atoms. The van der Waals surface area contributed by atoms with E-state index in [-0.39, 0.29) is 41.4 Å². The van der Waals surface area contributed by atoms with E-state index in [1.165, 1.54) is 4.90 Å². The fraction of sp³-hybridized carbons (Fsp3) is 0.419. The SMILES string of the molecule is CCCN1C(=O)[C@@H]2[C@@H](CC(COC)=C3[C@@H](CC/C(=C/c4cc(Br)ccc4O)c4ccccc4)OC[C@@H]32)C1=O. The third-order valence-corrected chi connectivity index (χ3v) is 8.50. The smallest absolute Gasteiger partial charge is 0.233 e. The molecule has 7 heteroatoms. The number of ether oxygens (including phenoxy) is 2. The average molecular weight is 581 g/mol. The van der Waals surface area contributed by atoms with Gasteiger partial charge < -0.3 is 14.6 Å². The highest BCUT2D eigenvalue weighted by Crippen LogP contribution is 2.50. The molecule has 200 valence electrons. The quantitative estimate of drug-likeness (QED) is 0.229. The number of likely N-dealkylation sites (tertiary alicyclic amines) is 1. The standard InChI is InChI=1S/C31H34BrNO5/c1-3-13-33-30(35)24-16-22(17-37-2)28-25(29(24)31(33)36)18-38-27(28)12-9-20(19-7-5-4-6-8-19)14-21-15-23(32)10-11-26(21)34/h4-8,10-11,14-15,24-25,27,29,34H,3,9,12-13,16-18H2,1-2H3/b20-14-/t24-,25+,27-,29-/m1/s1. The molecule has 2 aliphatic heterocycles. The van der Waals surface area contributed by atoms with Gasteiger partial charge in [0.25, 0.3) is 0 Å². The Morgan fingerprint density at radius 1 is 1.16 bits per heavy atom. The number of aromatic hydroxyl groups is 1. The number of carbonyl (C=O) groups excluding carboxylic acids is 2. The Kier molecular flexibility index (Phi) is 8.17. The van der Waals surface area contributed by atoms with Crippen LogP contribution in [0.25, 0.3) is 11.6 Å². The summed E-state index contributed by atoms with van der Waals surface area (Å²) in [4.78, 5) is 27.9. The minimum Gasteiger partial charge on any atom is -0.507 e. The number of nitrogens with zero attached hydrogens (tertiary/aromatic N) is 1. The van der Waals surface area contributed by atoms with Crippen LogP contribution in [0.2, 0.25) is 0 Å². The van der Waals surface area contributed by atoms with Gasteiger partial charge in [0, 0.05) is 29.6 Å². The van der Waals surface area contributed by atoms with Crippen molar-refractivity contribution in [3.63, 3.8) is 0 Å². The fourth-order valence-electron chi connectivity index (χ4n) is 6.36. The van der Waals surface area contributed by atoms with Crippen LogP contribution in [0.15, 0.2) is 64.1 Å². The summed E-state index contributed by atoms with van der Waals surface area (Å²) in [6, 6.07) is 15.6. The first-order valence-corrected chi connectivity index (χ1v) is 14.1. The summed E-state index contributed by atoms with van der Waals surface area (Å²) in [5.41, 5.74) is 5.19. The molecule has 0 aromatic heterocycles. The van der Waals surface area contributed by atoms with Crippen molar-refractivity contribution in [1.29, 1.82) is 0 Å². The van der Waals surface area contributed by atoms with Crippen molar-refractivity contribution < 1.29 is 24.2 Å². The van der Waals surface area contributed by atoms with Gasteiger partial charge in [0.15, 0.2) is 0 Å². The van der Waals surface area contributed by atoms with E-state index in [9.17, 15) is 14.7 Å². The molecule has 2 saturated heterocycles. The van der Waals surface area contributed by atoms with Crippen molar-refractivity contribution in [3.8, 4) is 5.75 Å². The van der Waals surface area contributed by atoms with Gasteiger partial charge in [0.05, 0.1) is 31.2 Å². The van der Waals surface area contributed by atoms with Crippen LogP contribution in [0.1, 0.15) is 43.7 Å². The third-order valence-electron chi connectivity index (χ3n) is 8.00. The molecule has 2 fully saturated rings. The van der Waals surface area contributed by atoms with Gasteiger partial charge in [0.2, 0.25) is 11.8 Å². The molecule has 0 saturated carbocycles. The Morgan fingerprint density at radius 3 is 2.68 bits per heavy atom. The van der Waals surface area contributed by atoms with Crippen LogP contribution in [-0.4, -0.2) is 54.8 Å². The van der Waals surface area contributed by atoms with Crippen molar-refractivity contribution in [2.75, 3.05) is 26.9 Å². The zero-order chi connectivity index (χ0) is 26.8. The molecule has 0 radical (unpaired) electrons. The summed E-state index contributed by atoms with van der Waals surface area (Å²) in [7, 11) is 1.67. The molecule has 2 heterocycles. The maximum atomic E-state index is 13.3. The van der Waals surface area contributed by atoms with Crippen LogP contribution in [0.5, 0.6) is 5.75 Å². The molecular formula is C31H34BrNO5. The Balaban J connectivity index is 1.43. The van der Waals surface area contributed by atoms with Gasteiger partial charge in [-0.15, -0.1) is 0 Å². The van der Waals surface area contributed by atoms with Gasteiger partial charge in [-0.2, -0.15) is 0 Å². The lowest BCUT2D eigenvalue weighted by Gasteiger charge is -2.31. The van der Waals surface area contributed by atoms with Crippen LogP contribution >= 0.6 is 15.9 Å². The zero-order valence-electron chi connectivity index (χ0n) is 21.9. The Morgan fingerprint density at radius 2 is 1.95 bits per heavy atom. The summed E-state index contributed by atoms with van der Waals surface area (Å²) < 4.78 is 12.8. The van der Waals surface area contributed by atoms with E-state index in [1.54, 1.807) is 13.2 Å². The van der Waals surface area contributed by atoms with Gasteiger partial charge in [-0.3, -0.25) is 14.5 Å². The number of allylic oxidation sites excluding steroid dienone is 1. The van der Waals surface area contributed by atoms with Crippen molar-refractivity contribution in [2.45, 2.75) is 38.7 Å². The van der Waals surface area contributed by atoms with Crippen molar-refractivity contribution >= 4 is 39.4 Å². The largest absolute Gasteiger partial charge is 0.507 e. The van der Waals surface area contributed by atoms with Crippen molar-refractivity contribution in [1.82, 2.24) is 4.90 Å². The number of phenols is 1. The molecule has 5 rings (SSSR count). The monoisotopic (exact) mass is 579 g/mol. The first-order valence-electron chi connectivity index (χ1n) is 13.3. The van der Waals surface area contributed by atoms with Crippen LogP contribution in [0.4, 0.5) is 0 Å². The van der Waals surface area contributed by atoms with E-state index in [1.807, 2.05) is 43.3 Å². The number of halogens is 1. The minimum absolute atomic E-state index is 0.0407. The number of fused-ring (bicyclic) bond motifs is 3. The molecule has 2 aromatic rings. The summed E-state index contributed by atoms with van der Waals surface area (Å²) in [5, 5.41) is 10.5. The minimum atomic E-state index is -0.336. The number of carbonyl (C=O) groups is 2. The van der Waals surface area contributed by atoms with Gasteiger partial charge in [-0.05, 0) is 72.2 Å². The molecule has 6 nitrogen and oxygen atoms in total. The number of hydrogen-bond donors (Lipinski definition) is 1. The molecule has 1 N–H and O–H groups in total. The summed E-state index contributed by atoms with van der Waals surface area (Å²) in [6.45, 7) is 3.36. The normalized spacial score (nSPS) is 25.2. The first-order chi connectivity index (χ1) is 18.4. The number of amides is 2. The highest BCUT2D eigenvalue weighted by atomic mass is 79.9. The van der Waals surface area contributed by atoms with Gasteiger partial charge in [-0.25, -0.2) is 0 Å². The molecule has 4 atom stereocenters. The van der Waals surface area contributed by atoms with Crippen LogP contribution < -0.4 is 0 Å². The average Bonchev–Trinajstić information content (AvgIpc) is 3.44. The summed E-state index contributed by atoms with van der Waals surface area (Å²) in [5.74, 6) is -0.586. The number of benzene rings is 2. The summed E-state index contributed by atoms with van der Waals surface area (Å²) in [6.07, 6.45) is 4.66. The van der Waals surface area contributed by atoms with Crippen molar-refractivity contribution in [2.24, 2.45) is 17.8 Å². The van der Waals surface area contributed by atoms with E-state index in [0.717, 1.165) is 51.6 Å². The van der Waals surface area contributed by atoms with E-state index in [2.05, 4.69) is 28.1 Å². The Hall–Kier alpha value is -2.74. The molecule has 2 aromatic carbocycles. The Labute approximate surface area is 232 Å². The topological polar surface area (TPSA) is 76.1 Å². The predicted octanol–water partition coefficient (Wildman–Crippen LogP) is 5.85. The molecule has 0 spiro atoms. The third kappa shape index (κ3) is 5.12. The second kappa shape index (κ2) is 11.6. The number of imide groups is 1. The Bertz CT molecular complexity index is 1270. The highest BCUT2D eigenvalue weighted by molar-refractivity contribution is 9.10. The van der Waals surface area contributed by atoms with Crippen LogP contribution in [0, 0.1) is 17.8 Å². The summed E-state index contributed by atoms with van der Waals surface area (Å²) >= 11 is 3.51. The van der Waals surface area contributed by atoms with Crippen LogP contribution in [0.3, 0.4) is 0 Å². The lowest BCUT2D eigenvalue weighted by atomic mass is 9.69. The lowest BCUT2D eigenvalue weighted by molar-refractivity contribution is -0.140. The highest BCUT2D eigenvalue weighted by Gasteiger charge is 2.56. The molecule has 1 aliphatic carbocycles. The number of phenolic OH excluding ortho intramolecular Hbond substituents is 1. The second-order valence-electron chi connectivity index (χ2n) is 10.4. The first kappa shape index (κ1) is 26.9. The zero-order valence-corrected chi connectivity index (χ0v) is 23.4. The molecular weight excluding hydrogens is 546 g/mol. The fourth-order valence-corrected chi connectivity index (χ4v) is 6.74. The molecule has 3 aliphatic rings. The second-order valence-corrected chi connectivity index (χ2v) is 11.3. The van der Waals surface area contributed by atoms with E-state index >= 15 is 0 Å².